The van der Waals surface area contributed by atoms with Crippen molar-refractivity contribution in [2.75, 3.05) is 0 Å². The van der Waals surface area contributed by atoms with Gasteiger partial charge in [-0.1, -0.05) is 58.2 Å². The van der Waals surface area contributed by atoms with Gasteiger partial charge in [0, 0.05) is 0 Å². The summed E-state index contributed by atoms with van der Waals surface area (Å²) in [6.07, 6.45) is -5.08. The number of hydrogen-bond donors (Lipinski definition) is 1. The molecule has 0 aromatic rings. The number of carboxylic acid groups (broad SMARTS) is 1. The fraction of sp³-hybridized carbons (Fsp3) is 0.909. The van der Waals surface area contributed by atoms with Gasteiger partial charge in [-0.05, 0) is 0 Å². The number of aliphatic carboxylic acids is 1. The van der Waals surface area contributed by atoms with Gasteiger partial charge in [0.2, 0.25) is 0 Å². The minimum atomic E-state index is -5.08. The molecule has 0 atom stereocenters. The van der Waals surface area contributed by atoms with Gasteiger partial charge >= 0.3 is 12.1 Å². The summed E-state index contributed by atoms with van der Waals surface area (Å²) >= 11 is 0. The molecule has 0 bridgehead atoms. The molecule has 0 spiro atoms. The second-order valence-electron chi connectivity index (χ2n) is 4.77. The zero-order valence-electron chi connectivity index (χ0n) is 11.7. The Morgan fingerprint density at radius 1 is 0.944 bits per heavy atom. The Morgan fingerprint density at radius 2 is 1.11 bits per heavy atom. The second-order valence-corrected chi connectivity index (χ2v) is 9.23. The van der Waals surface area contributed by atoms with Crippen LogP contribution in [-0.2, 0) is 4.79 Å². The molecule has 0 amide bonds. The average molecular weight is 289 g/mol. The van der Waals surface area contributed by atoms with Crippen molar-refractivity contribution in [3.8, 4) is 0 Å². The molecule has 0 heterocycles. The van der Waals surface area contributed by atoms with Crippen LogP contribution in [0.25, 0.3) is 0 Å². The van der Waals surface area contributed by atoms with Crippen LogP contribution in [0.4, 0.5) is 13.2 Å². The van der Waals surface area contributed by atoms with E-state index in [-0.39, 0.29) is 14.3 Å². The van der Waals surface area contributed by atoms with Crippen molar-refractivity contribution in [1.82, 2.24) is 0 Å². The van der Waals surface area contributed by atoms with Gasteiger partial charge in [0.25, 0.3) is 0 Å². The van der Waals surface area contributed by atoms with Gasteiger partial charge in [0.05, 0.1) is 8.80 Å². The highest BCUT2D eigenvalue weighted by Gasteiger charge is 2.38. The third kappa shape index (κ3) is 10.6. The normalized spacial score (nSPS) is 11.4. The molecule has 0 fully saturated rings. The molecular formula is C11H24F3O3Si. The third-order valence-corrected chi connectivity index (χ3v) is 6.24. The molecule has 0 saturated heterocycles. The smallest absolute Gasteiger partial charge is 0.475 e. The molecule has 0 aliphatic rings. The van der Waals surface area contributed by atoms with Crippen molar-refractivity contribution < 1.29 is 28.5 Å². The first-order chi connectivity index (χ1) is 7.41. The van der Waals surface area contributed by atoms with E-state index in [2.05, 4.69) is 41.5 Å². The summed E-state index contributed by atoms with van der Waals surface area (Å²) in [6.45, 7) is 14.2. The molecule has 0 aromatic carbocycles. The first-order valence-electron chi connectivity index (χ1n) is 5.57. The minimum Gasteiger partial charge on any atom is -0.475 e. The number of halogens is 3. The van der Waals surface area contributed by atoms with E-state index in [1.165, 1.54) is 0 Å². The molecular weight excluding hydrogens is 265 g/mol. The van der Waals surface area contributed by atoms with Gasteiger partial charge in [0.15, 0.2) is 0 Å². The quantitative estimate of drug-likeness (QED) is 0.808. The Kier molecular flexibility index (Phi) is 11.8. The summed E-state index contributed by atoms with van der Waals surface area (Å²) in [7, 11) is -0.0957. The fourth-order valence-corrected chi connectivity index (χ4v) is 6.00. The largest absolute Gasteiger partial charge is 0.490 e. The van der Waals surface area contributed by atoms with Crippen LogP contribution in [0.15, 0.2) is 0 Å². The van der Waals surface area contributed by atoms with Gasteiger partial charge in [0.1, 0.15) is 0 Å². The van der Waals surface area contributed by atoms with Crippen LogP contribution >= 0.6 is 0 Å². The fourth-order valence-electron chi connectivity index (χ4n) is 2.00. The van der Waals surface area contributed by atoms with E-state index in [0.29, 0.717) is 0 Å². The lowest BCUT2D eigenvalue weighted by Gasteiger charge is -2.26. The van der Waals surface area contributed by atoms with Crippen molar-refractivity contribution in [1.29, 1.82) is 0 Å². The lowest BCUT2D eigenvalue weighted by molar-refractivity contribution is -0.192. The van der Waals surface area contributed by atoms with Crippen molar-refractivity contribution in [2.24, 2.45) is 0 Å². The van der Waals surface area contributed by atoms with Gasteiger partial charge < -0.3 is 10.6 Å². The van der Waals surface area contributed by atoms with Gasteiger partial charge in [-0.15, -0.1) is 0 Å². The highest BCUT2D eigenvalue weighted by Crippen LogP contribution is 2.28. The van der Waals surface area contributed by atoms with Crippen molar-refractivity contribution in [3.63, 3.8) is 0 Å². The summed E-state index contributed by atoms with van der Waals surface area (Å²) < 4.78 is 31.7. The molecule has 7 heteroatoms. The highest BCUT2D eigenvalue weighted by atomic mass is 28.3. The third-order valence-electron chi connectivity index (χ3n) is 2.24. The maximum atomic E-state index is 10.6. The lowest BCUT2D eigenvalue weighted by Crippen LogP contribution is -2.24. The molecule has 0 unspecified atom stereocenters. The van der Waals surface area contributed by atoms with Crippen molar-refractivity contribution >= 4 is 14.8 Å². The van der Waals surface area contributed by atoms with Gasteiger partial charge in [-0.25, -0.2) is 4.79 Å². The number of carbonyl (C=O) groups is 1. The standard InChI is InChI=1S/C9H21Si.C2HF3O2.H2O/c1-7(2)10(8(3)4)9(5)6;3-2(4,5)1(6)7;/h7-9H,1-6H3;(H,6,7);1H2. The summed E-state index contributed by atoms with van der Waals surface area (Å²) in [6, 6.07) is 0. The monoisotopic (exact) mass is 289 g/mol. The molecule has 111 valence electrons. The van der Waals surface area contributed by atoms with E-state index >= 15 is 0 Å². The van der Waals surface area contributed by atoms with Crippen LogP contribution in [0.2, 0.25) is 16.6 Å². The lowest BCUT2D eigenvalue weighted by atomic mass is 10.5. The van der Waals surface area contributed by atoms with Crippen LogP contribution in [0.3, 0.4) is 0 Å². The van der Waals surface area contributed by atoms with Crippen molar-refractivity contribution in [3.05, 3.63) is 0 Å². The molecule has 0 aromatic heterocycles. The van der Waals surface area contributed by atoms with Gasteiger partial charge in [-0.3, -0.25) is 0 Å². The Hall–Kier alpha value is -0.563. The second kappa shape index (κ2) is 9.38. The SMILES string of the molecule is CC(C)[Si](C(C)C)C(C)C.O.O=C(O)C(F)(F)F. The predicted molar refractivity (Wildman–Crippen MR) is 68.4 cm³/mol. The Labute approximate surface area is 108 Å². The molecule has 0 aliphatic heterocycles. The molecule has 18 heavy (non-hydrogen) atoms. The minimum absolute atomic E-state index is 0. The van der Waals surface area contributed by atoms with E-state index < -0.39 is 12.1 Å². The molecule has 0 saturated carbocycles. The number of hydrogen-bond acceptors (Lipinski definition) is 1. The molecule has 0 rings (SSSR count). The van der Waals surface area contributed by atoms with Crippen LogP contribution in [0, 0.1) is 0 Å². The summed E-state index contributed by atoms with van der Waals surface area (Å²) in [5.74, 6) is -2.76. The van der Waals surface area contributed by atoms with E-state index in [1.807, 2.05) is 0 Å². The zero-order valence-corrected chi connectivity index (χ0v) is 12.7. The number of rotatable bonds is 3. The molecule has 1 radical (unpaired) electrons. The van der Waals surface area contributed by atoms with E-state index in [4.69, 9.17) is 9.90 Å². The Bertz CT molecular complexity index is 209. The van der Waals surface area contributed by atoms with Gasteiger partial charge in [-0.2, -0.15) is 13.2 Å². The average Bonchev–Trinajstić information content (AvgIpc) is 1.99. The predicted octanol–water partition coefficient (Wildman–Crippen LogP) is 3.52. The summed E-state index contributed by atoms with van der Waals surface area (Å²) in [4.78, 5) is 8.90. The first kappa shape index (κ1) is 22.6. The van der Waals surface area contributed by atoms with Crippen LogP contribution in [0.1, 0.15) is 41.5 Å². The summed E-state index contributed by atoms with van der Waals surface area (Å²) in [5, 5.41) is 7.12. The maximum absolute atomic E-state index is 10.6. The zero-order chi connectivity index (χ0) is 14.4. The van der Waals surface area contributed by atoms with Crippen LogP contribution < -0.4 is 0 Å². The molecule has 3 N–H and O–H groups in total. The van der Waals surface area contributed by atoms with Crippen molar-refractivity contribution in [2.45, 2.75) is 64.3 Å². The Balaban J connectivity index is -0.000000251. The number of alkyl halides is 3. The van der Waals surface area contributed by atoms with E-state index in [1.54, 1.807) is 0 Å². The highest BCUT2D eigenvalue weighted by molar-refractivity contribution is 6.63. The number of carboxylic acids is 1. The van der Waals surface area contributed by atoms with Crippen LogP contribution in [-0.4, -0.2) is 31.5 Å². The maximum Gasteiger partial charge on any atom is 0.490 e. The first-order valence-corrected chi connectivity index (χ1v) is 7.31. The summed E-state index contributed by atoms with van der Waals surface area (Å²) in [5.41, 5.74) is 2.81. The molecule has 3 nitrogen and oxygen atoms in total. The molecule has 0 aliphatic carbocycles. The van der Waals surface area contributed by atoms with E-state index in [0.717, 1.165) is 16.6 Å². The van der Waals surface area contributed by atoms with Crippen LogP contribution in [0.5, 0.6) is 0 Å². The van der Waals surface area contributed by atoms with E-state index in [9.17, 15) is 13.2 Å². The Morgan fingerprint density at radius 3 is 1.11 bits per heavy atom. The topological polar surface area (TPSA) is 68.8 Å².